The zero-order valence-corrected chi connectivity index (χ0v) is 12.5. The van der Waals surface area contributed by atoms with E-state index in [2.05, 4.69) is 22.0 Å². The highest BCUT2D eigenvalue weighted by molar-refractivity contribution is 7.13. The van der Waals surface area contributed by atoms with Crippen LogP contribution in [0.2, 0.25) is 0 Å². The van der Waals surface area contributed by atoms with Crippen molar-refractivity contribution in [3.05, 3.63) is 23.4 Å². The minimum atomic E-state index is -0.253. The van der Waals surface area contributed by atoms with E-state index in [-0.39, 0.29) is 12.1 Å². The zero-order valence-electron chi connectivity index (χ0n) is 11.7. The van der Waals surface area contributed by atoms with Crippen molar-refractivity contribution >= 4 is 11.3 Å². The highest BCUT2D eigenvalue weighted by atomic mass is 32.1. The molecule has 1 N–H and O–H groups in total. The molecular weight excluding hydrogens is 274 g/mol. The van der Waals surface area contributed by atoms with Gasteiger partial charge in [-0.05, 0) is 44.2 Å². The Morgan fingerprint density at radius 2 is 2.30 bits per heavy atom. The van der Waals surface area contributed by atoms with Gasteiger partial charge in [-0.3, -0.25) is 4.90 Å². The molecule has 0 amide bonds. The van der Waals surface area contributed by atoms with Gasteiger partial charge in [-0.1, -0.05) is 6.07 Å². The molecule has 1 saturated heterocycles. The van der Waals surface area contributed by atoms with Crippen molar-refractivity contribution in [3.63, 3.8) is 0 Å². The summed E-state index contributed by atoms with van der Waals surface area (Å²) >= 11 is 1.59. The van der Waals surface area contributed by atoms with Crippen LogP contribution in [0.5, 0.6) is 0 Å². The molecule has 2 aromatic rings. The van der Waals surface area contributed by atoms with Crippen LogP contribution in [0.4, 0.5) is 0 Å². The quantitative estimate of drug-likeness (QED) is 0.938. The number of hydrogen-bond acceptors (Lipinski definition) is 6. The maximum absolute atomic E-state index is 9.67. The molecular formula is C14H19N3O2S. The van der Waals surface area contributed by atoms with E-state index in [0.717, 1.165) is 24.4 Å². The Morgan fingerprint density at radius 3 is 2.95 bits per heavy atom. The Hall–Kier alpha value is -1.24. The average Bonchev–Trinajstić information content (AvgIpc) is 3.17. The van der Waals surface area contributed by atoms with Gasteiger partial charge in [0.2, 0.25) is 5.89 Å². The van der Waals surface area contributed by atoms with E-state index < -0.39 is 0 Å². The molecule has 0 saturated carbocycles. The van der Waals surface area contributed by atoms with Crippen LogP contribution in [0.1, 0.15) is 32.2 Å². The van der Waals surface area contributed by atoms with Crippen LogP contribution in [0.3, 0.4) is 0 Å². The lowest BCUT2D eigenvalue weighted by Crippen LogP contribution is -2.27. The van der Waals surface area contributed by atoms with Gasteiger partial charge in [0.1, 0.15) is 0 Å². The molecule has 1 aliphatic rings. The molecule has 2 aromatic heterocycles. The van der Waals surface area contributed by atoms with E-state index in [0.29, 0.717) is 17.7 Å². The summed E-state index contributed by atoms with van der Waals surface area (Å²) in [5.41, 5.74) is 0. The number of aliphatic hydroxyl groups excluding tert-OH is 1. The van der Waals surface area contributed by atoms with E-state index in [1.165, 1.54) is 0 Å². The van der Waals surface area contributed by atoms with Crippen LogP contribution < -0.4 is 0 Å². The van der Waals surface area contributed by atoms with Crippen molar-refractivity contribution in [2.45, 2.75) is 32.4 Å². The van der Waals surface area contributed by atoms with E-state index in [1.807, 2.05) is 24.4 Å². The molecule has 3 unspecified atom stereocenters. The molecule has 108 valence electrons. The zero-order chi connectivity index (χ0) is 14.1. The lowest BCUT2D eigenvalue weighted by Gasteiger charge is -2.21. The first-order chi connectivity index (χ1) is 9.65. The summed E-state index contributed by atoms with van der Waals surface area (Å²) in [5.74, 6) is 1.59. The largest absolute Gasteiger partial charge is 0.418 e. The number of thiophene rings is 1. The Kier molecular flexibility index (Phi) is 3.87. The first-order valence-electron chi connectivity index (χ1n) is 6.94. The van der Waals surface area contributed by atoms with Crippen LogP contribution in [-0.2, 0) is 0 Å². The topological polar surface area (TPSA) is 62.4 Å². The van der Waals surface area contributed by atoms with Crippen LogP contribution in [0, 0.1) is 5.92 Å². The molecule has 3 rings (SSSR count). The van der Waals surface area contributed by atoms with Crippen molar-refractivity contribution in [1.82, 2.24) is 15.1 Å². The smallest absolute Gasteiger partial charge is 0.257 e. The maximum Gasteiger partial charge on any atom is 0.257 e. The van der Waals surface area contributed by atoms with E-state index in [9.17, 15) is 5.11 Å². The second kappa shape index (κ2) is 5.63. The standard InChI is InChI=1S/C14H19N3O2S/c1-9(17-6-5-11(8-17)10(2)18)13-15-16-14(19-13)12-4-3-7-20-12/h3-4,7,9-11,18H,5-6,8H2,1-2H3. The summed E-state index contributed by atoms with van der Waals surface area (Å²) in [5, 5.41) is 20.0. The third-order valence-corrected chi connectivity index (χ3v) is 4.87. The van der Waals surface area contributed by atoms with Gasteiger partial charge >= 0.3 is 0 Å². The summed E-state index contributed by atoms with van der Waals surface area (Å²) in [4.78, 5) is 3.29. The fourth-order valence-electron chi connectivity index (χ4n) is 2.62. The lowest BCUT2D eigenvalue weighted by atomic mass is 10.0. The minimum Gasteiger partial charge on any atom is -0.418 e. The van der Waals surface area contributed by atoms with Crippen molar-refractivity contribution in [1.29, 1.82) is 0 Å². The number of nitrogens with zero attached hydrogens (tertiary/aromatic N) is 3. The molecule has 20 heavy (non-hydrogen) atoms. The van der Waals surface area contributed by atoms with Crippen molar-refractivity contribution in [3.8, 4) is 10.8 Å². The average molecular weight is 293 g/mol. The van der Waals surface area contributed by atoms with Gasteiger partial charge < -0.3 is 9.52 Å². The summed E-state index contributed by atoms with van der Waals surface area (Å²) in [6, 6.07) is 4.05. The third kappa shape index (κ3) is 2.63. The summed E-state index contributed by atoms with van der Waals surface area (Å²) in [6.07, 6.45) is 0.769. The Balaban J connectivity index is 1.70. The van der Waals surface area contributed by atoms with Crippen molar-refractivity contribution in [2.75, 3.05) is 13.1 Å². The molecule has 5 nitrogen and oxygen atoms in total. The van der Waals surface area contributed by atoms with E-state index in [4.69, 9.17) is 4.42 Å². The maximum atomic E-state index is 9.67. The predicted octanol–water partition coefficient (Wildman–Crippen LogP) is 2.56. The monoisotopic (exact) mass is 293 g/mol. The van der Waals surface area contributed by atoms with Gasteiger partial charge in [0, 0.05) is 6.54 Å². The number of aromatic nitrogens is 2. The summed E-state index contributed by atoms with van der Waals surface area (Å²) in [7, 11) is 0. The van der Waals surface area contributed by atoms with Gasteiger partial charge in [0.05, 0.1) is 17.0 Å². The lowest BCUT2D eigenvalue weighted by molar-refractivity contribution is 0.120. The highest BCUT2D eigenvalue weighted by Crippen LogP contribution is 2.30. The van der Waals surface area contributed by atoms with Crippen molar-refractivity contribution in [2.24, 2.45) is 5.92 Å². The van der Waals surface area contributed by atoms with Gasteiger partial charge in [-0.2, -0.15) is 0 Å². The van der Waals surface area contributed by atoms with Crippen LogP contribution in [0.15, 0.2) is 21.9 Å². The highest BCUT2D eigenvalue weighted by Gasteiger charge is 2.31. The SMILES string of the molecule is CC(O)C1CCN(C(C)c2nnc(-c3cccs3)o2)C1. The fraction of sp³-hybridized carbons (Fsp3) is 0.571. The molecule has 3 heterocycles. The Labute approximate surface area is 122 Å². The number of likely N-dealkylation sites (tertiary alicyclic amines) is 1. The molecule has 1 aliphatic heterocycles. The number of rotatable bonds is 4. The summed E-state index contributed by atoms with van der Waals surface area (Å²) < 4.78 is 5.78. The Bertz CT molecular complexity index is 553. The van der Waals surface area contributed by atoms with E-state index in [1.54, 1.807) is 11.3 Å². The molecule has 3 atom stereocenters. The Morgan fingerprint density at radius 1 is 1.45 bits per heavy atom. The molecule has 6 heteroatoms. The molecule has 0 spiro atoms. The molecule has 0 radical (unpaired) electrons. The van der Waals surface area contributed by atoms with Gasteiger partial charge in [-0.15, -0.1) is 21.5 Å². The molecule has 0 aliphatic carbocycles. The van der Waals surface area contributed by atoms with Gasteiger partial charge in [-0.25, -0.2) is 0 Å². The predicted molar refractivity (Wildman–Crippen MR) is 77.4 cm³/mol. The van der Waals surface area contributed by atoms with Crippen LogP contribution >= 0.6 is 11.3 Å². The first kappa shape index (κ1) is 13.7. The fourth-order valence-corrected chi connectivity index (χ4v) is 3.26. The van der Waals surface area contributed by atoms with Crippen molar-refractivity contribution < 1.29 is 9.52 Å². The molecule has 0 bridgehead atoms. The van der Waals surface area contributed by atoms with Gasteiger partial charge in [0.15, 0.2) is 0 Å². The molecule has 0 aromatic carbocycles. The van der Waals surface area contributed by atoms with Crippen LogP contribution in [-0.4, -0.2) is 39.4 Å². The second-order valence-electron chi connectivity index (χ2n) is 5.38. The third-order valence-electron chi connectivity index (χ3n) is 4.02. The minimum absolute atomic E-state index is 0.0972. The van der Waals surface area contributed by atoms with Crippen LogP contribution in [0.25, 0.3) is 10.8 Å². The number of aliphatic hydroxyl groups is 1. The molecule has 1 fully saturated rings. The number of hydrogen-bond donors (Lipinski definition) is 1. The first-order valence-corrected chi connectivity index (χ1v) is 7.82. The van der Waals surface area contributed by atoms with E-state index >= 15 is 0 Å². The van der Waals surface area contributed by atoms with Gasteiger partial charge in [0.25, 0.3) is 5.89 Å². The normalized spacial score (nSPS) is 23.1. The second-order valence-corrected chi connectivity index (χ2v) is 6.33. The summed E-state index contributed by atoms with van der Waals surface area (Å²) in [6.45, 7) is 5.79.